The third-order valence-corrected chi connectivity index (χ3v) is 6.68. The summed E-state index contributed by atoms with van der Waals surface area (Å²) < 4.78 is 59.3. The van der Waals surface area contributed by atoms with Crippen LogP contribution in [0.25, 0.3) is 11.5 Å². The molecule has 4 aromatic rings. The lowest BCUT2D eigenvalue weighted by Crippen LogP contribution is -2.50. The lowest BCUT2D eigenvalue weighted by atomic mass is 10.1. The molecule has 1 unspecified atom stereocenters. The van der Waals surface area contributed by atoms with Crippen LogP contribution in [0.15, 0.2) is 77.3 Å². The third kappa shape index (κ3) is 6.27. The van der Waals surface area contributed by atoms with E-state index in [0.29, 0.717) is 48.7 Å². The van der Waals surface area contributed by atoms with Crippen LogP contribution in [0.3, 0.4) is 0 Å². The maximum Gasteiger partial charge on any atom is 0.437 e. The van der Waals surface area contributed by atoms with Crippen molar-refractivity contribution in [1.29, 1.82) is 0 Å². The molecule has 3 heterocycles. The van der Waals surface area contributed by atoms with Crippen LogP contribution in [0, 0.1) is 5.82 Å². The van der Waals surface area contributed by atoms with E-state index in [4.69, 9.17) is 4.42 Å². The van der Waals surface area contributed by atoms with Gasteiger partial charge in [-0.3, -0.25) is 9.59 Å². The quantitative estimate of drug-likeness (QED) is 0.255. The number of amides is 1. The molecule has 12 heteroatoms. The van der Waals surface area contributed by atoms with E-state index in [-0.39, 0.29) is 12.3 Å². The van der Waals surface area contributed by atoms with Crippen molar-refractivity contribution in [2.45, 2.75) is 18.7 Å². The number of oxazole rings is 1. The van der Waals surface area contributed by atoms with Crippen molar-refractivity contribution in [3.05, 3.63) is 101 Å². The lowest BCUT2D eigenvalue weighted by Gasteiger charge is -2.36. The highest BCUT2D eigenvalue weighted by molar-refractivity contribution is 5.96. The molecule has 1 aliphatic rings. The molecule has 0 radical (unpaired) electrons. The van der Waals surface area contributed by atoms with Crippen LogP contribution in [-0.2, 0) is 17.4 Å². The topological polar surface area (TPSA) is 99.8 Å². The number of pyridine rings is 1. The molecule has 0 spiro atoms. The molecule has 0 saturated carbocycles. The van der Waals surface area contributed by atoms with Crippen molar-refractivity contribution >= 4 is 17.5 Å². The predicted molar refractivity (Wildman–Crippen MR) is 139 cm³/mol. The monoisotopic (exact) mass is 568 g/mol. The number of carbonyl (C=O) groups excluding carboxylic acids is 2. The van der Waals surface area contributed by atoms with E-state index in [9.17, 15) is 32.3 Å². The van der Waals surface area contributed by atoms with Crippen LogP contribution in [0.2, 0.25) is 0 Å². The standard InChI is InChI=1S/C29H24F4N4O4/c30-21-9-7-19(8-10-21)24(39)28(40)37-14-12-36(13-15-37)23-11-6-18(17-34-23)16-22(38)25-26(29(31,32)33)35-27(41-25)20-4-2-1-3-5-20/h1-11,17,24,39H,12-16H2. The maximum atomic E-state index is 13.6. The average Bonchev–Trinajstić information content (AvgIpc) is 3.45. The Bertz CT molecular complexity index is 1520. The van der Waals surface area contributed by atoms with Crippen LogP contribution in [0.1, 0.15) is 33.5 Å². The zero-order valence-electron chi connectivity index (χ0n) is 21.5. The number of aromatic nitrogens is 2. The van der Waals surface area contributed by atoms with Crippen molar-refractivity contribution in [3.8, 4) is 11.5 Å². The van der Waals surface area contributed by atoms with Gasteiger partial charge in [0.1, 0.15) is 11.6 Å². The molecular formula is C29H24F4N4O4. The molecule has 1 atom stereocenters. The van der Waals surface area contributed by atoms with E-state index >= 15 is 0 Å². The molecule has 2 aromatic heterocycles. The van der Waals surface area contributed by atoms with Gasteiger partial charge in [-0.05, 0) is 41.5 Å². The van der Waals surface area contributed by atoms with Crippen LogP contribution < -0.4 is 4.90 Å². The summed E-state index contributed by atoms with van der Waals surface area (Å²) in [6.07, 6.45) is -5.24. The number of rotatable bonds is 7. The fourth-order valence-electron chi connectivity index (χ4n) is 4.50. The van der Waals surface area contributed by atoms with E-state index in [0.717, 1.165) is 0 Å². The van der Waals surface area contributed by atoms with Crippen LogP contribution in [-0.4, -0.2) is 57.8 Å². The third-order valence-electron chi connectivity index (χ3n) is 6.68. The molecule has 5 rings (SSSR count). The van der Waals surface area contributed by atoms with E-state index in [2.05, 4.69) is 9.97 Å². The normalized spacial score (nSPS) is 14.7. The van der Waals surface area contributed by atoms with Gasteiger partial charge in [0.2, 0.25) is 17.4 Å². The van der Waals surface area contributed by atoms with Gasteiger partial charge in [-0.15, -0.1) is 0 Å². The Kier molecular flexibility index (Phi) is 7.84. The highest BCUT2D eigenvalue weighted by Gasteiger charge is 2.41. The second kappa shape index (κ2) is 11.5. The first kappa shape index (κ1) is 28.0. The summed E-state index contributed by atoms with van der Waals surface area (Å²) in [5, 5.41) is 10.4. The molecule has 1 fully saturated rings. The molecule has 1 N–H and O–H groups in total. The second-order valence-corrected chi connectivity index (χ2v) is 9.45. The first-order valence-electron chi connectivity index (χ1n) is 12.7. The number of nitrogens with zero attached hydrogens (tertiary/aromatic N) is 4. The number of aliphatic hydroxyl groups excluding tert-OH is 1. The van der Waals surface area contributed by atoms with Crippen molar-refractivity contribution in [2.75, 3.05) is 31.1 Å². The number of carbonyl (C=O) groups is 2. The summed E-state index contributed by atoms with van der Waals surface area (Å²) in [6.45, 7) is 1.47. The molecule has 0 aliphatic carbocycles. The molecule has 2 aromatic carbocycles. The molecule has 1 amide bonds. The van der Waals surface area contributed by atoms with E-state index in [1.54, 1.807) is 30.3 Å². The number of alkyl halides is 3. The van der Waals surface area contributed by atoms with Crippen molar-refractivity contribution in [1.82, 2.24) is 14.9 Å². The Hall–Kier alpha value is -4.58. The van der Waals surface area contributed by atoms with Gasteiger partial charge in [0.25, 0.3) is 5.91 Å². The number of Topliss-reactive ketones (excluding diaryl/α,β-unsaturated/α-hetero) is 1. The second-order valence-electron chi connectivity index (χ2n) is 9.45. The molecule has 1 saturated heterocycles. The van der Waals surface area contributed by atoms with Crippen LogP contribution in [0.5, 0.6) is 0 Å². The number of hydrogen-bond acceptors (Lipinski definition) is 7. The Balaban J connectivity index is 1.21. The van der Waals surface area contributed by atoms with Gasteiger partial charge in [0.05, 0.1) is 0 Å². The minimum Gasteiger partial charge on any atom is -0.432 e. The van der Waals surface area contributed by atoms with Gasteiger partial charge in [-0.2, -0.15) is 13.2 Å². The summed E-state index contributed by atoms with van der Waals surface area (Å²) in [5.74, 6) is -2.42. The maximum absolute atomic E-state index is 13.6. The van der Waals surface area contributed by atoms with Gasteiger partial charge >= 0.3 is 6.18 Å². The van der Waals surface area contributed by atoms with Gasteiger partial charge in [0, 0.05) is 44.4 Å². The molecule has 212 valence electrons. The fraction of sp³-hybridized carbons (Fsp3) is 0.241. The van der Waals surface area contributed by atoms with Crippen LogP contribution >= 0.6 is 0 Å². The number of aliphatic hydroxyl groups is 1. The smallest absolute Gasteiger partial charge is 0.432 e. The molecular weight excluding hydrogens is 544 g/mol. The zero-order valence-corrected chi connectivity index (χ0v) is 21.5. The Morgan fingerprint density at radius 1 is 0.951 bits per heavy atom. The van der Waals surface area contributed by atoms with Gasteiger partial charge in [0.15, 0.2) is 11.8 Å². The fourth-order valence-corrected chi connectivity index (χ4v) is 4.50. The summed E-state index contributed by atoms with van der Waals surface area (Å²) in [6, 6.07) is 16.3. The Labute approximate surface area is 231 Å². The average molecular weight is 569 g/mol. The molecule has 8 nitrogen and oxygen atoms in total. The van der Waals surface area contributed by atoms with Gasteiger partial charge in [-0.25, -0.2) is 14.4 Å². The Morgan fingerprint density at radius 2 is 1.63 bits per heavy atom. The summed E-state index contributed by atoms with van der Waals surface area (Å²) in [4.78, 5) is 36.8. The minimum atomic E-state index is -4.87. The summed E-state index contributed by atoms with van der Waals surface area (Å²) in [7, 11) is 0. The minimum absolute atomic E-state index is 0.294. The largest absolute Gasteiger partial charge is 0.437 e. The first-order chi connectivity index (χ1) is 19.6. The van der Waals surface area contributed by atoms with Gasteiger partial charge in [-0.1, -0.05) is 36.4 Å². The lowest BCUT2D eigenvalue weighted by molar-refractivity contribution is -0.142. The van der Waals surface area contributed by atoms with E-state index in [1.807, 2.05) is 4.90 Å². The van der Waals surface area contributed by atoms with E-state index in [1.165, 1.54) is 47.5 Å². The first-order valence-corrected chi connectivity index (χ1v) is 12.7. The predicted octanol–water partition coefficient (Wildman–Crippen LogP) is 4.70. The number of piperazine rings is 1. The number of halogens is 4. The highest BCUT2D eigenvalue weighted by atomic mass is 19.4. The molecule has 1 aliphatic heterocycles. The summed E-state index contributed by atoms with van der Waals surface area (Å²) in [5.41, 5.74) is -0.367. The number of benzene rings is 2. The summed E-state index contributed by atoms with van der Waals surface area (Å²) >= 11 is 0. The number of anilines is 1. The number of hydrogen-bond donors (Lipinski definition) is 1. The van der Waals surface area contributed by atoms with Crippen molar-refractivity contribution in [2.24, 2.45) is 0 Å². The van der Waals surface area contributed by atoms with Crippen molar-refractivity contribution in [3.63, 3.8) is 0 Å². The number of ketones is 1. The highest BCUT2D eigenvalue weighted by Crippen LogP contribution is 2.35. The van der Waals surface area contributed by atoms with Crippen molar-refractivity contribution < 1.29 is 36.7 Å². The zero-order chi connectivity index (χ0) is 29.1. The Morgan fingerprint density at radius 3 is 2.24 bits per heavy atom. The van der Waals surface area contributed by atoms with Gasteiger partial charge < -0.3 is 19.3 Å². The molecule has 0 bridgehead atoms. The SMILES string of the molecule is O=C(Cc1ccc(N2CCN(C(=O)C(O)c3ccc(F)cc3)CC2)nc1)c1oc(-c2ccccc2)nc1C(F)(F)F. The van der Waals surface area contributed by atoms with E-state index < -0.39 is 41.2 Å². The molecule has 41 heavy (non-hydrogen) atoms. The van der Waals surface area contributed by atoms with Crippen LogP contribution in [0.4, 0.5) is 23.4 Å².